The van der Waals surface area contributed by atoms with Gasteiger partial charge >= 0.3 is 0 Å². The van der Waals surface area contributed by atoms with Crippen molar-refractivity contribution in [2.45, 2.75) is 6.92 Å². The van der Waals surface area contributed by atoms with Gasteiger partial charge in [-0.2, -0.15) is 9.78 Å². The lowest BCUT2D eigenvalue weighted by Gasteiger charge is -2.05. The van der Waals surface area contributed by atoms with E-state index in [1.54, 1.807) is 31.2 Å². The molecule has 0 aliphatic rings. The second kappa shape index (κ2) is 5.92. The summed E-state index contributed by atoms with van der Waals surface area (Å²) in [6.45, 7) is 1.62. The van der Waals surface area contributed by atoms with Gasteiger partial charge in [0.05, 0.1) is 22.0 Å². The summed E-state index contributed by atoms with van der Waals surface area (Å²) in [4.78, 5) is 27.0. The normalized spacial score (nSPS) is 11.2. The van der Waals surface area contributed by atoms with E-state index in [1.165, 1.54) is 24.4 Å². The number of aromatic hydroxyl groups is 1. The van der Waals surface area contributed by atoms with Crippen LogP contribution >= 0.6 is 0 Å². The van der Waals surface area contributed by atoms with Crippen LogP contribution < -0.4 is 5.56 Å². The van der Waals surface area contributed by atoms with Crippen molar-refractivity contribution in [1.82, 2.24) is 9.66 Å². The molecular weight excluding hydrogens is 312 g/mol. The number of phenolic OH excluding ortho intramolecular Hbond substituents is 1. The Kier molecular flexibility index (Phi) is 3.78. The van der Waals surface area contributed by atoms with E-state index in [9.17, 15) is 20.0 Å². The second-order valence-corrected chi connectivity index (χ2v) is 5.04. The van der Waals surface area contributed by atoms with E-state index < -0.39 is 4.92 Å². The minimum atomic E-state index is -0.578. The third-order valence-electron chi connectivity index (χ3n) is 3.45. The first kappa shape index (κ1) is 15.3. The van der Waals surface area contributed by atoms with Crippen molar-refractivity contribution in [2.24, 2.45) is 5.10 Å². The maximum Gasteiger partial charge on any atom is 0.282 e. The third kappa shape index (κ3) is 2.72. The third-order valence-corrected chi connectivity index (χ3v) is 3.45. The summed E-state index contributed by atoms with van der Waals surface area (Å²) < 4.78 is 1.08. The number of aromatic nitrogens is 2. The van der Waals surface area contributed by atoms with Crippen LogP contribution in [0.5, 0.6) is 5.75 Å². The van der Waals surface area contributed by atoms with Crippen LogP contribution in [0.25, 0.3) is 10.9 Å². The van der Waals surface area contributed by atoms with Gasteiger partial charge in [0.1, 0.15) is 11.6 Å². The summed E-state index contributed by atoms with van der Waals surface area (Å²) >= 11 is 0. The molecule has 0 amide bonds. The Labute approximate surface area is 135 Å². The Morgan fingerprint density at radius 2 is 2.04 bits per heavy atom. The van der Waals surface area contributed by atoms with Crippen molar-refractivity contribution in [1.29, 1.82) is 0 Å². The standard InChI is InChI=1S/C16H12N4O4/c1-10-18-14-5-3-2-4-13(14)16(22)19(10)17-9-11-8-12(20(23)24)6-7-15(11)21/h2-9,21H,1H3/b17-9+. The molecule has 1 heterocycles. The molecule has 0 bridgehead atoms. The average Bonchev–Trinajstić information content (AvgIpc) is 2.56. The Morgan fingerprint density at radius 3 is 2.79 bits per heavy atom. The quantitative estimate of drug-likeness (QED) is 0.451. The molecule has 0 aliphatic carbocycles. The summed E-state index contributed by atoms with van der Waals surface area (Å²) in [5, 5.41) is 25.0. The van der Waals surface area contributed by atoms with Crippen molar-refractivity contribution in [3.05, 3.63) is 74.3 Å². The minimum absolute atomic E-state index is 0.128. The van der Waals surface area contributed by atoms with Gasteiger partial charge < -0.3 is 5.11 Å². The minimum Gasteiger partial charge on any atom is -0.507 e. The monoisotopic (exact) mass is 324 g/mol. The van der Waals surface area contributed by atoms with Crippen LogP contribution in [0.15, 0.2) is 52.4 Å². The first-order chi connectivity index (χ1) is 11.5. The molecule has 0 atom stereocenters. The zero-order chi connectivity index (χ0) is 17.3. The molecule has 0 fully saturated rings. The molecule has 8 heteroatoms. The van der Waals surface area contributed by atoms with Crippen LogP contribution in [0.4, 0.5) is 5.69 Å². The molecule has 120 valence electrons. The number of rotatable bonds is 3. The van der Waals surface area contributed by atoms with Gasteiger partial charge in [0.15, 0.2) is 0 Å². The van der Waals surface area contributed by atoms with Gasteiger partial charge in [0.2, 0.25) is 0 Å². The van der Waals surface area contributed by atoms with E-state index in [1.807, 2.05) is 0 Å². The molecule has 24 heavy (non-hydrogen) atoms. The summed E-state index contributed by atoms with van der Waals surface area (Å²) in [6.07, 6.45) is 1.19. The molecule has 8 nitrogen and oxygen atoms in total. The maximum atomic E-state index is 12.5. The van der Waals surface area contributed by atoms with Gasteiger partial charge in [0, 0.05) is 17.7 Å². The predicted molar refractivity (Wildman–Crippen MR) is 88.5 cm³/mol. The Morgan fingerprint density at radius 1 is 1.29 bits per heavy atom. The first-order valence-electron chi connectivity index (χ1n) is 6.97. The van der Waals surface area contributed by atoms with Crippen LogP contribution in [0.2, 0.25) is 0 Å². The Balaban J connectivity index is 2.10. The number of nitro groups is 1. The smallest absolute Gasteiger partial charge is 0.282 e. The number of benzene rings is 2. The lowest BCUT2D eigenvalue weighted by molar-refractivity contribution is -0.384. The number of para-hydroxylation sites is 1. The number of fused-ring (bicyclic) bond motifs is 1. The molecule has 2 aromatic carbocycles. The molecule has 0 saturated heterocycles. The number of nitro benzene ring substituents is 1. The highest BCUT2D eigenvalue weighted by Gasteiger charge is 2.10. The topological polar surface area (TPSA) is 111 Å². The predicted octanol–water partition coefficient (Wildman–Crippen LogP) is 2.20. The van der Waals surface area contributed by atoms with Gasteiger partial charge in [-0.15, -0.1) is 0 Å². The largest absolute Gasteiger partial charge is 0.507 e. The molecule has 0 saturated carbocycles. The van der Waals surface area contributed by atoms with Gasteiger partial charge in [-0.25, -0.2) is 4.98 Å². The fourth-order valence-electron chi connectivity index (χ4n) is 2.25. The molecule has 3 aromatic rings. The summed E-state index contributed by atoms with van der Waals surface area (Å²) in [5.41, 5.74) is 0.141. The number of aryl methyl sites for hydroxylation is 1. The summed E-state index contributed by atoms with van der Waals surface area (Å²) in [7, 11) is 0. The number of non-ortho nitro benzene ring substituents is 1. The SMILES string of the molecule is Cc1nc2ccccc2c(=O)n1/N=C/c1cc([N+](=O)[O-])ccc1O. The van der Waals surface area contributed by atoms with E-state index in [0.29, 0.717) is 16.7 Å². The lowest BCUT2D eigenvalue weighted by atomic mass is 10.2. The maximum absolute atomic E-state index is 12.5. The number of phenols is 1. The van der Waals surface area contributed by atoms with Gasteiger partial charge in [0.25, 0.3) is 11.2 Å². The highest BCUT2D eigenvalue weighted by Crippen LogP contribution is 2.21. The molecular formula is C16H12N4O4. The highest BCUT2D eigenvalue weighted by atomic mass is 16.6. The summed E-state index contributed by atoms with van der Waals surface area (Å²) in [6, 6.07) is 10.4. The first-order valence-corrected chi connectivity index (χ1v) is 6.97. The van der Waals surface area contributed by atoms with Crippen molar-refractivity contribution in [3.63, 3.8) is 0 Å². The molecule has 1 aromatic heterocycles. The number of nitrogens with zero attached hydrogens (tertiary/aromatic N) is 4. The fourth-order valence-corrected chi connectivity index (χ4v) is 2.25. The molecule has 1 N–H and O–H groups in total. The Hall–Kier alpha value is -3.55. The van der Waals surface area contributed by atoms with E-state index in [-0.39, 0.29) is 22.6 Å². The van der Waals surface area contributed by atoms with Gasteiger partial charge in [-0.3, -0.25) is 14.9 Å². The van der Waals surface area contributed by atoms with Gasteiger partial charge in [-0.05, 0) is 25.1 Å². The van der Waals surface area contributed by atoms with Crippen molar-refractivity contribution < 1.29 is 10.0 Å². The lowest BCUT2D eigenvalue weighted by Crippen LogP contribution is -2.20. The van der Waals surface area contributed by atoms with E-state index in [4.69, 9.17) is 0 Å². The number of hydrogen-bond donors (Lipinski definition) is 1. The summed E-state index contributed by atoms with van der Waals surface area (Å²) in [5.74, 6) is 0.184. The van der Waals surface area contributed by atoms with Gasteiger partial charge in [-0.1, -0.05) is 12.1 Å². The van der Waals surface area contributed by atoms with Crippen molar-refractivity contribution in [3.8, 4) is 5.75 Å². The fraction of sp³-hybridized carbons (Fsp3) is 0.0625. The zero-order valence-corrected chi connectivity index (χ0v) is 12.6. The Bertz CT molecular complexity index is 1040. The molecule has 0 unspecified atom stereocenters. The molecule has 0 aliphatic heterocycles. The zero-order valence-electron chi connectivity index (χ0n) is 12.6. The molecule has 0 spiro atoms. The highest BCUT2D eigenvalue weighted by molar-refractivity contribution is 5.84. The van der Waals surface area contributed by atoms with E-state index in [2.05, 4.69) is 10.1 Å². The van der Waals surface area contributed by atoms with Crippen LogP contribution in [-0.4, -0.2) is 25.9 Å². The number of hydrogen-bond acceptors (Lipinski definition) is 6. The molecule has 0 radical (unpaired) electrons. The average molecular weight is 324 g/mol. The van der Waals surface area contributed by atoms with Crippen molar-refractivity contribution >= 4 is 22.8 Å². The van der Waals surface area contributed by atoms with E-state index in [0.717, 1.165) is 4.68 Å². The van der Waals surface area contributed by atoms with Crippen LogP contribution in [-0.2, 0) is 0 Å². The van der Waals surface area contributed by atoms with Crippen LogP contribution in [0.3, 0.4) is 0 Å². The molecule has 3 rings (SSSR count). The van der Waals surface area contributed by atoms with Crippen molar-refractivity contribution in [2.75, 3.05) is 0 Å². The second-order valence-electron chi connectivity index (χ2n) is 5.04. The van der Waals surface area contributed by atoms with E-state index >= 15 is 0 Å². The van der Waals surface area contributed by atoms with Crippen LogP contribution in [0, 0.1) is 17.0 Å². The van der Waals surface area contributed by atoms with Crippen LogP contribution in [0.1, 0.15) is 11.4 Å².